The molecule has 0 bridgehead atoms. The van der Waals surface area contributed by atoms with E-state index in [1.54, 1.807) is 38.5 Å². The first kappa shape index (κ1) is 21.2. The molecule has 4 rings (SSSR count). The van der Waals surface area contributed by atoms with Crippen LogP contribution in [0, 0.1) is 13.8 Å². The minimum Gasteiger partial charge on any atom is -0.493 e. The molecule has 0 radical (unpaired) electrons. The number of fused-ring (bicyclic) bond motifs is 1. The Morgan fingerprint density at radius 3 is 2.44 bits per heavy atom. The highest BCUT2D eigenvalue weighted by atomic mass is 16.5. The number of para-hydroxylation sites is 1. The number of aryl methyl sites for hydroxylation is 2. The van der Waals surface area contributed by atoms with Gasteiger partial charge in [0.25, 0.3) is 5.91 Å². The number of nitrogens with one attached hydrogen (secondary N) is 1. The second kappa shape index (κ2) is 8.98. The normalized spacial score (nSPS) is 11.4. The number of methoxy groups -OCH3 is 2. The van der Waals surface area contributed by atoms with Crippen molar-refractivity contribution in [1.29, 1.82) is 0 Å². The first-order valence-corrected chi connectivity index (χ1v) is 10.2. The van der Waals surface area contributed by atoms with Crippen molar-refractivity contribution in [3.63, 3.8) is 0 Å². The summed E-state index contributed by atoms with van der Waals surface area (Å²) in [7, 11) is 3.13. The molecule has 0 aliphatic carbocycles. The van der Waals surface area contributed by atoms with Crippen molar-refractivity contribution in [2.75, 3.05) is 19.5 Å². The van der Waals surface area contributed by atoms with Gasteiger partial charge in [-0.05, 0) is 49.7 Å². The van der Waals surface area contributed by atoms with Gasteiger partial charge in [-0.25, -0.2) is 4.99 Å². The second-order valence-electron chi connectivity index (χ2n) is 7.43. The van der Waals surface area contributed by atoms with Crippen molar-refractivity contribution in [2.24, 2.45) is 4.99 Å². The summed E-state index contributed by atoms with van der Waals surface area (Å²) in [5.74, 6) is 0.830. The third-order valence-electron chi connectivity index (χ3n) is 5.13. The van der Waals surface area contributed by atoms with E-state index in [0.717, 1.165) is 22.2 Å². The molecule has 1 N–H and O–H groups in total. The fraction of sp³-hybridized carbons (Fsp3) is 0.154. The van der Waals surface area contributed by atoms with Crippen LogP contribution in [0.4, 0.5) is 11.4 Å². The maximum absolute atomic E-state index is 13.3. The lowest BCUT2D eigenvalue weighted by atomic mass is 10.1. The van der Waals surface area contributed by atoms with Gasteiger partial charge in [-0.15, -0.1) is 0 Å². The lowest BCUT2D eigenvalue weighted by Gasteiger charge is -2.10. The number of amides is 1. The van der Waals surface area contributed by atoms with Crippen LogP contribution < -0.4 is 20.3 Å². The Morgan fingerprint density at radius 2 is 1.69 bits per heavy atom. The molecular formula is C26H24N2O4. The van der Waals surface area contributed by atoms with E-state index in [4.69, 9.17) is 13.9 Å². The summed E-state index contributed by atoms with van der Waals surface area (Å²) >= 11 is 0. The maximum atomic E-state index is 13.3. The third-order valence-corrected chi connectivity index (χ3v) is 5.13. The Hall–Kier alpha value is -4.06. The molecule has 6 heteroatoms. The van der Waals surface area contributed by atoms with Crippen LogP contribution in [0.15, 0.2) is 76.1 Å². The smallest absolute Gasteiger partial charge is 0.261 e. The molecule has 0 spiro atoms. The van der Waals surface area contributed by atoms with Gasteiger partial charge in [0.15, 0.2) is 11.5 Å². The van der Waals surface area contributed by atoms with Crippen LogP contribution in [0.2, 0.25) is 0 Å². The molecule has 0 atom stereocenters. The molecule has 1 heterocycles. The van der Waals surface area contributed by atoms with E-state index in [1.807, 2.05) is 56.3 Å². The lowest BCUT2D eigenvalue weighted by molar-refractivity contribution is 0.102. The van der Waals surface area contributed by atoms with Crippen molar-refractivity contribution >= 4 is 28.3 Å². The summed E-state index contributed by atoms with van der Waals surface area (Å²) in [5.41, 5.74) is 4.60. The molecule has 0 aliphatic heterocycles. The van der Waals surface area contributed by atoms with E-state index in [1.165, 1.54) is 0 Å². The molecule has 6 nitrogen and oxygen atoms in total. The number of hydrogen-bond donors (Lipinski definition) is 1. The second-order valence-corrected chi connectivity index (χ2v) is 7.43. The fourth-order valence-electron chi connectivity index (χ4n) is 3.47. The monoisotopic (exact) mass is 428 g/mol. The molecule has 1 amide bonds. The highest BCUT2D eigenvalue weighted by Crippen LogP contribution is 2.31. The van der Waals surface area contributed by atoms with Gasteiger partial charge in [0, 0.05) is 17.1 Å². The summed E-state index contributed by atoms with van der Waals surface area (Å²) in [6.45, 7) is 3.98. The quantitative estimate of drug-likeness (QED) is 0.452. The molecule has 1 aromatic heterocycles. The molecule has 0 saturated carbocycles. The van der Waals surface area contributed by atoms with Crippen LogP contribution in [0.5, 0.6) is 11.5 Å². The number of nitrogens with zero attached hydrogens (tertiary/aromatic N) is 1. The molecular weight excluding hydrogens is 404 g/mol. The SMILES string of the molecule is COc1ccc(N=c2oc3ccccc3cc2C(=O)Nc2ccc(C)cc2C)cc1OC. The average molecular weight is 428 g/mol. The van der Waals surface area contributed by atoms with Gasteiger partial charge in [-0.3, -0.25) is 4.79 Å². The van der Waals surface area contributed by atoms with Crippen LogP contribution in [-0.4, -0.2) is 20.1 Å². The highest BCUT2D eigenvalue weighted by Gasteiger charge is 2.14. The summed E-state index contributed by atoms with van der Waals surface area (Å²) < 4.78 is 16.7. The van der Waals surface area contributed by atoms with Gasteiger partial charge in [-0.2, -0.15) is 0 Å². The number of ether oxygens (including phenoxy) is 2. The van der Waals surface area contributed by atoms with E-state index in [9.17, 15) is 4.79 Å². The van der Waals surface area contributed by atoms with Gasteiger partial charge >= 0.3 is 0 Å². The molecule has 0 saturated heterocycles. The zero-order valence-electron chi connectivity index (χ0n) is 18.4. The van der Waals surface area contributed by atoms with Crippen molar-refractivity contribution < 1.29 is 18.7 Å². The fourth-order valence-corrected chi connectivity index (χ4v) is 3.47. The molecule has 162 valence electrons. The summed E-state index contributed by atoms with van der Waals surface area (Å²) in [5, 5.41) is 3.79. The molecule has 0 unspecified atom stereocenters. The van der Waals surface area contributed by atoms with E-state index < -0.39 is 0 Å². The van der Waals surface area contributed by atoms with E-state index >= 15 is 0 Å². The predicted octanol–water partition coefficient (Wildman–Crippen LogP) is 5.55. The van der Waals surface area contributed by atoms with Gasteiger partial charge < -0.3 is 19.2 Å². The molecule has 3 aromatic carbocycles. The van der Waals surface area contributed by atoms with Crippen molar-refractivity contribution in [3.8, 4) is 11.5 Å². The Kier molecular flexibility index (Phi) is 5.94. The Balaban J connectivity index is 1.83. The average Bonchev–Trinajstić information content (AvgIpc) is 2.80. The van der Waals surface area contributed by atoms with Gasteiger partial charge in [0.05, 0.1) is 19.9 Å². The predicted molar refractivity (Wildman–Crippen MR) is 125 cm³/mol. The van der Waals surface area contributed by atoms with Crippen LogP contribution in [0.25, 0.3) is 11.0 Å². The zero-order valence-corrected chi connectivity index (χ0v) is 18.4. The Labute approximate surface area is 186 Å². The van der Waals surface area contributed by atoms with Crippen LogP contribution >= 0.6 is 0 Å². The number of rotatable bonds is 5. The van der Waals surface area contributed by atoms with E-state index in [2.05, 4.69) is 10.3 Å². The first-order valence-electron chi connectivity index (χ1n) is 10.2. The largest absolute Gasteiger partial charge is 0.493 e. The third kappa shape index (κ3) is 4.34. The number of carbonyl (C=O) groups excluding carboxylic acids is 1. The topological polar surface area (TPSA) is 73.1 Å². The maximum Gasteiger partial charge on any atom is 0.261 e. The Morgan fingerprint density at radius 1 is 0.906 bits per heavy atom. The first-order chi connectivity index (χ1) is 15.5. The minimum absolute atomic E-state index is 0.207. The van der Waals surface area contributed by atoms with Gasteiger partial charge in [0.1, 0.15) is 11.1 Å². The molecule has 0 fully saturated rings. The van der Waals surface area contributed by atoms with Crippen LogP contribution in [0.1, 0.15) is 21.5 Å². The Bertz CT molecular complexity index is 1370. The lowest BCUT2D eigenvalue weighted by Crippen LogP contribution is -2.22. The molecule has 4 aromatic rings. The zero-order chi connectivity index (χ0) is 22.7. The van der Waals surface area contributed by atoms with Crippen molar-refractivity contribution in [1.82, 2.24) is 0 Å². The van der Waals surface area contributed by atoms with E-state index in [-0.39, 0.29) is 11.5 Å². The summed E-state index contributed by atoms with van der Waals surface area (Å²) in [4.78, 5) is 17.9. The van der Waals surface area contributed by atoms with Crippen LogP contribution in [-0.2, 0) is 0 Å². The molecule has 0 aliphatic rings. The number of anilines is 1. The van der Waals surface area contributed by atoms with E-state index in [0.29, 0.717) is 28.3 Å². The number of hydrogen-bond acceptors (Lipinski definition) is 5. The van der Waals surface area contributed by atoms with Crippen molar-refractivity contribution in [3.05, 3.63) is 89.0 Å². The number of benzene rings is 3. The van der Waals surface area contributed by atoms with Crippen molar-refractivity contribution in [2.45, 2.75) is 13.8 Å². The van der Waals surface area contributed by atoms with Gasteiger partial charge in [-0.1, -0.05) is 35.9 Å². The number of carbonyl (C=O) groups is 1. The molecule has 32 heavy (non-hydrogen) atoms. The minimum atomic E-state index is -0.300. The van der Waals surface area contributed by atoms with Gasteiger partial charge in [0.2, 0.25) is 5.55 Å². The summed E-state index contributed by atoms with van der Waals surface area (Å²) in [6, 6.07) is 20.4. The summed E-state index contributed by atoms with van der Waals surface area (Å²) in [6.07, 6.45) is 0. The highest BCUT2D eigenvalue weighted by molar-refractivity contribution is 6.05. The standard InChI is InChI=1S/C26H24N2O4/c1-16-9-11-21(17(2)13-16)28-25(29)20-14-18-7-5-6-8-22(18)32-26(20)27-19-10-12-23(30-3)24(15-19)31-4/h5-15H,1-4H3,(H,28,29). The van der Waals surface area contributed by atoms with Crippen LogP contribution in [0.3, 0.4) is 0 Å².